The molecule has 156 valence electrons. The van der Waals surface area contributed by atoms with Gasteiger partial charge in [0.15, 0.2) is 5.75 Å². The largest absolute Gasteiger partial charge is 0.504 e. The second-order valence-electron chi connectivity index (χ2n) is 8.38. The number of hydrogen-bond donors (Lipinski definition) is 3. The first kappa shape index (κ1) is 21.0. The summed E-state index contributed by atoms with van der Waals surface area (Å²) in [6.45, 7) is 5.44. The molecule has 2 aliphatic heterocycles. The number of nitrogens with zero attached hydrogens (tertiary/aromatic N) is 1. The number of benzene rings is 1. The van der Waals surface area contributed by atoms with Crippen molar-refractivity contribution >= 4 is 33.4 Å². The van der Waals surface area contributed by atoms with Gasteiger partial charge in [-0.15, -0.1) is 0 Å². The van der Waals surface area contributed by atoms with Gasteiger partial charge in [0.25, 0.3) is 0 Å². The molecule has 28 heavy (non-hydrogen) atoms. The molecule has 0 aliphatic carbocycles. The maximum atomic E-state index is 12.8. The number of carbonyl (C=O) groups is 1. The molecular weight excluding hydrogens is 406 g/mol. The molecule has 8 nitrogen and oxygen atoms in total. The van der Waals surface area contributed by atoms with Crippen molar-refractivity contribution in [1.82, 2.24) is 9.62 Å². The third-order valence-corrected chi connectivity index (χ3v) is 7.06. The predicted octanol–water partition coefficient (Wildman–Crippen LogP) is 2.84. The zero-order valence-corrected chi connectivity index (χ0v) is 17.7. The first-order chi connectivity index (χ1) is 12.9. The van der Waals surface area contributed by atoms with Crippen LogP contribution < -0.4 is 10.5 Å². The Labute approximate surface area is 170 Å². The molecular formula is C18H26ClN3O5S. The van der Waals surface area contributed by atoms with Crippen LogP contribution in [0.5, 0.6) is 5.75 Å². The van der Waals surface area contributed by atoms with Crippen LogP contribution in [0.15, 0.2) is 17.0 Å². The predicted molar refractivity (Wildman–Crippen MR) is 106 cm³/mol. The summed E-state index contributed by atoms with van der Waals surface area (Å²) in [5.74, 6) is -0.561. The van der Waals surface area contributed by atoms with E-state index in [0.29, 0.717) is 12.8 Å². The molecule has 2 saturated heterocycles. The van der Waals surface area contributed by atoms with Crippen LogP contribution in [-0.2, 0) is 14.8 Å². The summed E-state index contributed by atoms with van der Waals surface area (Å²) in [6, 6.07) is 2.12. The van der Waals surface area contributed by atoms with E-state index in [2.05, 4.69) is 4.72 Å². The number of anilines is 1. The van der Waals surface area contributed by atoms with E-state index >= 15 is 0 Å². The Bertz CT molecular complexity index is 870. The summed E-state index contributed by atoms with van der Waals surface area (Å²) in [4.78, 5) is 13.8. The van der Waals surface area contributed by atoms with E-state index in [4.69, 9.17) is 22.1 Å². The van der Waals surface area contributed by atoms with Gasteiger partial charge in [-0.1, -0.05) is 11.6 Å². The number of ether oxygens (including phenoxy) is 1. The van der Waals surface area contributed by atoms with Crippen LogP contribution in [0.2, 0.25) is 5.02 Å². The van der Waals surface area contributed by atoms with Gasteiger partial charge in [0.1, 0.15) is 10.5 Å². The Morgan fingerprint density at radius 1 is 1.29 bits per heavy atom. The van der Waals surface area contributed by atoms with Crippen molar-refractivity contribution in [2.24, 2.45) is 0 Å². The summed E-state index contributed by atoms with van der Waals surface area (Å²) >= 11 is 6.00. The first-order valence-electron chi connectivity index (χ1n) is 9.19. The molecule has 0 radical (unpaired) electrons. The number of fused-ring (bicyclic) bond motifs is 2. The monoisotopic (exact) mass is 431 g/mol. The fourth-order valence-electron chi connectivity index (χ4n) is 3.98. The van der Waals surface area contributed by atoms with E-state index in [1.54, 1.807) is 4.90 Å². The average Bonchev–Trinajstić information content (AvgIpc) is 2.81. The van der Waals surface area contributed by atoms with Crippen LogP contribution in [0.25, 0.3) is 0 Å². The van der Waals surface area contributed by atoms with Gasteiger partial charge in [-0.05, 0) is 58.6 Å². The van der Waals surface area contributed by atoms with Crippen molar-refractivity contribution in [1.29, 1.82) is 0 Å². The van der Waals surface area contributed by atoms with Gasteiger partial charge in [0, 0.05) is 18.1 Å². The van der Waals surface area contributed by atoms with Crippen molar-refractivity contribution in [3.63, 3.8) is 0 Å². The minimum Gasteiger partial charge on any atom is -0.504 e. The summed E-state index contributed by atoms with van der Waals surface area (Å²) in [5.41, 5.74) is 4.96. The highest BCUT2D eigenvalue weighted by Gasteiger charge is 2.46. The van der Waals surface area contributed by atoms with Gasteiger partial charge in [-0.2, -0.15) is 0 Å². The minimum absolute atomic E-state index is 0.0652. The Morgan fingerprint density at radius 2 is 1.86 bits per heavy atom. The van der Waals surface area contributed by atoms with Crippen molar-refractivity contribution < 1.29 is 23.1 Å². The normalized spacial score (nSPS) is 25.0. The van der Waals surface area contributed by atoms with Crippen LogP contribution in [0.3, 0.4) is 0 Å². The molecule has 1 amide bonds. The molecule has 2 bridgehead atoms. The van der Waals surface area contributed by atoms with E-state index in [1.807, 2.05) is 20.8 Å². The number of aromatic hydroxyl groups is 1. The molecule has 10 heteroatoms. The molecule has 1 aromatic carbocycles. The average molecular weight is 432 g/mol. The minimum atomic E-state index is -4.08. The highest BCUT2D eigenvalue weighted by Crippen LogP contribution is 2.39. The summed E-state index contributed by atoms with van der Waals surface area (Å²) in [7, 11) is -4.08. The van der Waals surface area contributed by atoms with Gasteiger partial charge in [-0.25, -0.2) is 17.9 Å². The second kappa shape index (κ2) is 7.27. The quantitative estimate of drug-likeness (QED) is 0.499. The number of carbonyl (C=O) groups excluding carboxylic acids is 1. The number of rotatable bonds is 3. The number of nitrogens with one attached hydrogen (secondary N) is 1. The van der Waals surface area contributed by atoms with Crippen molar-refractivity contribution in [2.45, 2.75) is 75.1 Å². The maximum absolute atomic E-state index is 12.8. The van der Waals surface area contributed by atoms with E-state index in [-0.39, 0.29) is 34.9 Å². The van der Waals surface area contributed by atoms with Gasteiger partial charge >= 0.3 is 6.09 Å². The maximum Gasteiger partial charge on any atom is 0.410 e. The number of hydrogen-bond acceptors (Lipinski definition) is 6. The smallest absolute Gasteiger partial charge is 0.410 e. The number of sulfonamides is 1. The first-order valence-corrected chi connectivity index (χ1v) is 11.1. The Hall–Kier alpha value is -1.71. The molecule has 4 N–H and O–H groups in total. The van der Waals surface area contributed by atoms with Gasteiger partial charge in [0.05, 0.1) is 10.7 Å². The van der Waals surface area contributed by atoms with Crippen molar-refractivity contribution in [3.8, 4) is 5.75 Å². The number of piperidine rings is 1. The van der Waals surface area contributed by atoms with Gasteiger partial charge in [0.2, 0.25) is 10.0 Å². The van der Waals surface area contributed by atoms with Gasteiger partial charge < -0.3 is 20.5 Å². The molecule has 1 unspecified atom stereocenters. The van der Waals surface area contributed by atoms with Crippen LogP contribution in [0.4, 0.5) is 10.5 Å². The van der Waals surface area contributed by atoms with Crippen molar-refractivity contribution in [3.05, 3.63) is 17.2 Å². The number of phenols is 1. The third-order valence-electron chi connectivity index (χ3n) is 5.04. The topological polar surface area (TPSA) is 122 Å². The van der Waals surface area contributed by atoms with E-state index in [1.165, 1.54) is 12.1 Å². The lowest BCUT2D eigenvalue weighted by atomic mass is 9.99. The number of nitrogens with two attached hydrogens (primary N) is 1. The van der Waals surface area contributed by atoms with E-state index in [9.17, 15) is 18.3 Å². The van der Waals surface area contributed by atoms with Crippen LogP contribution in [0.1, 0.15) is 46.5 Å². The number of phenolic OH excluding ortho intramolecular Hbond substituents is 1. The summed E-state index contributed by atoms with van der Waals surface area (Å²) in [5, 5.41) is 9.98. The molecule has 2 fully saturated rings. The Morgan fingerprint density at radius 3 is 2.39 bits per heavy atom. The van der Waals surface area contributed by atoms with Crippen LogP contribution in [0, 0.1) is 0 Å². The lowest BCUT2D eigenvalue weighted by molar-refractivity contribution is 0.00564. The van der Waals surface area contributed by atoms with E-state index < -0.39 is 26.3 Å². The zero-order chi connectivity index (χ0) is 20.9. The van der Waals surface area contributed by atoms with Crippen LogP contribution in [-0.4, -0.2) is 48.2 Å². The molecule has 0 spiro atoms. The summed E-state index contributed by atoms with van der Waals surface area (Å²) < 4.78 is 33.7. The standard InChI is InChI=1S/C18H26ClN3O5S/c1-18(2,3)27-17(24)22-11-4-5-12(22)9-10(8-11)21-28(25,26)16-13(19)6-7-14(20)15(16)23/h6-7,10-12,21,23H,4-5,8-9,20H2,1-3H3/t10?,11-,12+. The second-order valence-corrected chi connectivity index (χ2v) is 10.4. The highest BCUT2D eigenvalue weighted by molar-refractivity contribution is 7.89. The van der Waals surface area contributed by atoms with E-state index in [0.717, 1.165) is 12.8 Å². The summed E-state index contributed by atoms with van der Waals surface area (Å²) in [6.07, 6.45) is 2.17. The lowest BCUT2D eigenvalue weighted by Crippen LogP contribution is -2.53. The molecule has 2 heterocycles. The zero-order valence-electron chi connectivity index (χ0n) is 16.1. The molecule has 0 aromatic heterocycles. The molecule has 3 atom stereocenters. The number of halogens is 1. The lowest BCUT2D eigenvalue weighted by Gasteiger charge is -2.39. The molecule has 0 saturated carbocycles. The fraction of sp³-hybridized carbons (Fsp3) is 0.611. The highest BCUT2D eigenvalue weighted by atomic mass is 35.5. The molecule has 3 rings (SSSR count). The molecule has 2 aliphatic rings. The Kier molecular flexibility index (Phi) is 5.46. The number of amides is 1. The third kappa shape index (κ3) is 4.16. The molecule has 1 aromatic rings. The fourth-order valence-corrected chi connectivity index (χ4v) is 5.89. The van der Waals surface area contributed by atoms with Crippen LogP contribution >= 0.6 is 11.6 Å². The van der Waals surface area contributed by atoms with Crippen molar-refractivity contribution in [2.75, 3.05) is 5.73 Å². The Balaban J connectivity index is 1.75. The number of nitrogen functional groups attached to an aromatic ring is 1. The SMILES string of the molecule is CC(C)(C)OC(=O)N1[C@@H]2CC[C@H]1CC(NS(=O)(=O)c1c(Cl)ccc(N)c1O)C2. The van der Waals surface area contributed by atoms with Gasteiger partial charge in [-0.3, -0.25) is 0 Å².